The Morgan fingerprint density at radius 1 is 1.33 bits per heavy atom. The quantitative estimate of drug-likeness (QED) is 0.515. The molecule has 0 atom stereocenters. The van der Waals surface area contributed by atoms with Crippen LogP contribution in [0.15, 0.2) is 27.1 Å². The van der Waals surface area contributed by atoms with E-state index in [1.54, 1.807) is 4.90 Å². The Kier molecular flexibility index (Phi) is 6.99. The Morgan fingerprint density at radius 2 is 2.22 bits per heavy atom. The van der Waals surface area contributed by atoms with Crippen LogP contribution in [-0.4, -0.2) is 48.5 Å². The molecular formula is C17H22N6O2S2. The van der Waals surface area contributed by atoms with Crippen LogP contribution in [0.3, 0.4) is 0 Å². The molecular weight excluding hydrogens is 384 g/mol. The van der Waals surface area contributed by atoms with Gasteiger partial charge in [-0.3, -0.25) is 9.89 Å². The summed E-state index contributed by atoms with van der Waals surface area (Å²) in [6.07, 6.45) is 2.71. The van der Waals surface area contributed by atoms with Crippen molar-refractivity contribution in [1.29, 1.82) is 0 Å². The van der Waals surface area contributed by atoms with E-state index in [9.17, 15) is 4.79 Å². The molecule has 0 aliphatic rings. The third-order valence-corrected chi connectivity index (χ3v) is 5.38. The number of aromatic amines is 1. The van der Waals surface area contributed by atoms with Gasteiger partial charge in [0, 0.05) is 13.0 Å². The van der Waals surface area contributed by atoms with E-state index in [1.807, 2.05) is 24.4 Å². The van der Waals surface area contributed by atoms with Gasteiger partial charge < -0.3 is 9.32 Å². The number of rotatable bonds is 10. The first-order valence-electron chi connectivity index (χ1n) is 8.87. The zero-order valence-electron chi connectivity index (χ0n) is 15.3. The number of nitrogens with zero attached hydrogens (tertiary/aromatic N) is 5. The van der Waals surface area contributed by atoms with Gasteiger partial charge >= 0.3 is 0 Å². The molecule has 0 saturated heterocycles. The maximum absolute atomic E-state index is 12.6. The number of aryl methyl sites for hydroxylation is 1. The van der Waals surface area contributed by atoms with Gasteiger partial charge in [-0.05, 0) is 24.3 Å². The van der Waals surface area contributed by atoms with Crippen molar-refractivity contribution < 1.29 is 9.21 Å². The second-order valence-electron chi connectivity index (χ2n) is 5.90. The van der Waals surface area contributed by atoms with Gasteiger partial charge in [-0.25, -0.2) is 4.98 Å². The van der Waals surface area contributed by atoms with Crippen molar-refractivity contribution >= 4 is 29.0 Å². The molecule has 0 aromatic carbocycles. The van der Waals surface area contributed by atoms with Crippen molar-refractivity contribution in [3.63, 3.8) is 0 Å². The van der Waals surface area contributed by atoms with E-state index in [1.165, 1.54) is 23.1 Å². The number of amides is 1. The smallest absolute Gasteiger partial charge is 0.257 e. The molecule has 0 bridgehead atoms. The number of nitrogens with one attached hydrogen (secondary N) is 1. The fourth-order valence-electron chi connectivity index (χ4n) is 2.45. The van der Waals surface area contributed by atoms with Gasteiger partial charge in [-0.15, -0.1) is 26.6 Å². The summed E-state index contributed by atoms with van der Waals surface area (Å²) in [6, 6.07) is 3.86. The van der Waals surface area contributed by atoms with E-state index < -0.39 is 0 Å². The van der Waals surface area contributed by atoms with Gasteiger partial charge in [-0.2, -0.15) is 0 Å². The van der Waals surface area contributed by atoms with E-state index >= 15 is 0 Å². The summed E-state index contributed by atoms with van der Waals surface area (Å²) in [5.41, 5.74) is 0. The lowest BCUT2D eigenvalue weighted by Crippen LogP contribution is -2.32. The normalized spacial score (nSPS) is 11.0. The maximum Gasteiger partial charge on any atom is 0.257 e. The van der Waals surface area contributed by atoms with Crippen LogP contribution in [0.2, 0.25) is 0 Å². The van der Waals surface area contributed by atoms with E-state index in [4.69, 9.17) is 4.42 Å². The van der Waals surface area contributed by atoms with Crippen molar-refractivity contribution in [3.05, 3.63) is 29.2 Å². The first-order chi connectivity index (χ1) is 13.2. The Balaban J connectivity index is 1.58. The molecule has 0 aliphatic carbocycles. The van der Waals surface area contributed by atoms with Crippen LogP contribution in [0, 0.1) is 0 Å². The third-order valence-electron chi connectivity index (χ3n) is 3.69. The molecule has 0 fully saturated rings. The highest BCUT2D eigenvalue weighted by molar-refractivity contribution is 7.99. The fourth-order valence-corrected chi connectivity index (χ4v) is 3.82. The minimum absolute atomic E-state index is 0.000403. The largest absolute Gasteiger partial charge is 0.418 e. The van der Waals surface area contributed by atoms with Crippen LogP contribution in [0.4, 0.5) is 0 Å². The highest BCUT2D eigenvalue weighted by Gasteiger charge is 2.18. The summed E-state index contributed by atoms with van der Waals surface area (Å²) in [5, 5.41) is 17.8. The molecule has 0 saturated carbocycles. The predicted octanol–water partition coefficient (Wildman–Crippen LogP) is 3.40. The van der Waals surface area contributed by atoms with Crippen molar-refractivity contribution in [2.45, 2.75) is 44.8 Å². The van der Waals surface area contributed by atoms with Crippen LogP contribution in [-0.2, 0) is 17.8 Å². The Morgan fingerprint density at radius 3 is 2.96 bits per heavy atom. The van der Waals surface area contributed by atoms with Gasteiger partial charge in [0.15, 0.2) is 0 Å². The lowest BCUT2D eigenvalue weighted by molar-refractivity contribution is -0.129. The lowest BCUT2D eigenvalue weighted by atomic mass is 10.3. The molecule has 0 spiro atoms. The van der Waals surface area contributed by atoms with Gasteiger partial charge in [0.1, 0.15) is 5.82 Å². The van der Waals surface area contributed by atoms with Gasteiger partial charge in [0.2, 0.25) is 17.0 Å². The number of thiophene rings is 1. The van der Waals surface area contributed by atoms with Crippen LogP contribution in [0.1, 0.15) is 38.4 Å². The molecule has 1 amide bonds. The van der Waals surface area contributed by atoms with Crippen molar-refractivity contribution in [1.82, 2.24) is 30.3 Å². The minimum atomic E-state index is -0.000403. The molecule has 3 heterocycles. The zero-order chi connectivity index (χ0) is 19.1. The fraction of sp³-hybridized carbons (Fsp3) is 0.471. The molecule has 0 unspecified atom stereocenters. The zero-order valence-corrected chi connectivity index (χ0v) is 17.0. The van der Waals surface area contributed by atoms with E-state index in [-0.39, 0.29) is 11.7 Å². The summed E-state index contributed by atoms with van der Waals surface area (Å²) in [5.74, 6) is 2.05. The summed E-state index contributed by atoms with van der Waals surface area (Å²) in [4.78, 5) is 19.7. The van der Waals surface area contributed by atoms with E-state index in [0.717, 1.165) is 30.0 Å². The van der Waals surface area contributed by atoms with E-state index in [2.05, 4.69) is 32.3 Å². The first-order valence-corrected chi connectivity index (χ1v) is 10.7. The Labute approximate surface area is 165 Å². The molecule has 0 radical (unpaired) electrons. The Hall–Kier alpha value is -2.20. The molecule has 0 aliphatic heterocycles. The summed E-state index contributed by atoms with van der Waals surface area (Å²) in [6.45, 7) is 5.05. The maximum atomic E-state index is 12.6. The molecule has 1 N–H and O–H groups in total. The van der Waals surface area contributed by atoms with Crippen LogP contribution in [0.5, 0.6) is 0 Å². The molecule has 3 rings (SSSR count). The average molecular weight is 407 g/mol. The highest BCUT2D eigenvalue weighted by Crippen LogP contribution is 2.23. The Bertz CT molecular complexity index is 845. The number of H-pyrrole nitrogens is 1. The number of carbonyl (C=O) groups excluding carboxylic acids is 1. The van der Waals surface area contributed by atoms with Gasteiger partial charge in [-0.1, -0.05) is 31.7 Å². The van der Waals surface area contributed by atoms with Crippen molar-refractivity contribution in [2.24, 2.45) is 0 Å². The van der Waals surface area contributed by atoms with Gasteiger partial charge in [0.05, 0.1) is 17.2 Å². The second kappa shape index (κ2) is 9.65. The monoisotopic (exact) mass is 406 g/mol. The third kappa shape index (κ3) is 5.39. The summed E-state index contributed by atoms with van der Waals surface area (Å²) in [7, 11) is 0. The lowest BCUT2D eigenvalue weighted by Gasteiger charge is -2.19. The number of hydrogen-bond acceptors (Lipinski definition) is 8. The molecule has 8 nitrogen and oxygen atoms in total. The van der Waals surface area contributed by atoms with E-state index in [0.29, 0.717) is 30.0 Å². The number of hydrogen-bond donors (Lipinski definition) is 1. The van der Waals surface area contributed by atoms with Crippen molar-refractivity contribution in [3.8, 4) is 10.8 Å². The summed E-state index contributed by atoms with van der Waals surface area (Å²) < 4.78 is 5.71. The van der Waals surface area contributed by atoms with Crippen LogP contribution in [0.25, 0.3) is 10.8 Å². The number of aromatic nitrogens is 5. The first kappa shape index (κ1) is 19.6. The summed E-state index contributed by atoms with van der Waals surface area (Å²) >= 11 is 2.87. The molecule has 27 heavy (non-hydrogen) atoms. The average Bonchev–Trinajstić information content (AvgIpc) is 3.41. The van der Waals surface area contributed by atoms with Crippen molar-refractivity contribution in [2.75, 3.05) is 12.3 Å². The molecule has 10 heteroatoms. The molecule has 3 aromatic heterocycles. The SMILES string of the molecule is CCCc1nc(SCC(=O)N(CCC)Cc2nnc(-c3cccs3)o2)n[nH]1. The topological polar surface area (TPSA) is 101 Å². The van der Waals surface area contributed by atoms with Crippen LogP contribution < -0.4 is 0 Å². The standard InChI is InChI=1S/C17H22N6O2S2/c1-3-6-13-18-17(22-19-13)27-11-15(24)23(8-4-2)10-14-20-21-16(25-14)12-7-5-9-26-12/h5,7,9H,3-4,6,8,10-11H2,1-2H3,(H,18,19,22). The van der Waals surface area contributed by atoms with Gasteiger partial charge in [0.25, 0.3) is 5.89 Å². The molecule has 144 valence electrons. The van der Waals surface area contributed by atoms with Crippen LogP contribution >= 0.6 is 23.1 Å². The number of thioether (sulfide) groups is 1. The highest BCUT2D eigenvalue weighted by atomic mass is 32.2. The number of carbonyl (C=O) groups is 1. The second-order valence-corrected chi connectivity index (χ2v) is 7.79. The minimum Gasteiger partial charge on any atom is -0.418 e. The molecule has 3 aromatic rings. The predicted molar refractivity (Wildman–Crippen MR) is 104 cm³/mol.